The molecule has 6 nitrogen and oxygen atoms in total. The maximum Gasteiger partial charge on any atom is 0.259 e. The molecule has 2 amide bonds. The molecule has 1 N–H and O–H groups in total. The monoisotopic (exact) mass is 320 g/mol. The Morgan fingerprint density at radius 1 is 1.23 bits per heavy atom. The van der Waals surface area contributed by atoms with Crippen molar-refractivity contribution in [1.82, 2.24) is 4.90 Å². The second-order valence-electron chi connectivity index (χ2n) is 4.91. The predicted octanol–water partition coefficient (Wildman–Crippen LogP) is 2.37. The number of nitrogens with zero attached hydrogens (tertiary/aromatic N) is 1. The van der Waals surface area contributed by atoms with Crippen molar-refractivity contribution in [3.8, 4) is 0 Å². The Morgan fingerprint density at radius 2 is 2.00 bits per heavy atom. The molecule has 3 heterocycles. The minimum atomic E-state index is -0.273. The van der Waals surface area contributed by atoms with E-state index in [1.54, 1.807) is 29.3 Å². The first kappa shape index (κ1) is 14.8. The number of hydrogen-bond donors (Lipinski definition) is 1. The van der Waals surface area contributed by atoms with Crippen molar-refractivity contribution in [2.24, 2.45) is 0 Å². The maximum atomic E-state index is 12.5. The number of carbonyl (C=O) groups is 2. The highest BCUT2D eigenvalue weighted by Crippen LogP contribution is 2.26. The first-order chi connectivity index (χ1) is 10.7. The van der Waals surface area contributed by atoms with E-state index in [-0.39, 0.29) is 11.8 Å². The summed E-state index contributed by atoms with van der Waals surface area (Å²) in [6.45, 7) is 3.96. The van der Waals surface area contributed by atoms with Crippen molar-refractivity contribution in [1.29, 1.82) is 0 Å². The first-order valence-electron chi connectivity index (χ1n) is 6.97. The molecule has 116 valence electrons. The molecule has 1 saturated heterocycles. The van der Waals surface area contributed by atoms with Crippen LogP contribution in [0, 0.1) is 6.92 Å². The largest absolute Gasteiger partial charge is 0.469 e. The molecule has 1 fully saturated rings. The smallest absolute Gasteiger partial charge is 0.259 e. The Bertz CT molecular complexity index is 685. The van der Waals surface area contributed by atoms with Gasteiger partial charge >= 0.3 is 0 Å². The van der Waals surface area contributed by atoms with E-state index in [2.05, 4.69) is 5.32 Å². The van der Waals surface area contributed by atoms with E-state index in [9.17, 15) is 9.59 Å². The zero-order valence-corrected chi connectivity index (χ0v) is 12.9. The van der Waals surface area contributed by atoms with Crippen molar-refractivity contribution in [2.45, 2.75) is 6.92 Å². The predicted molar refractivity (Wildman–Crippen MR) is 82.4 cm³/mol. The van der Waals surface area contributed by atoms with E-state index in [1.165, 1.54) is 17.6 Å². The van der Waals surface area contributed by atoms with Crippen molar-refractivity contribution in [2.75, 3.05) is 31.6 Å². The summed E-state index contributed by atoms with van der Waals surface area (Å²) in [5.74, 6) is 0.198. The van der Waals surface area contributed by atoms with Gasteiger partial charge in [-0.15, -0.1) is 11.3 Å². The van der Waals surface area contributed by atoms with Gasteiger partial charge in [-0.3, -0.25) is 9.59 Å². The molecule has 2 aromatic rings. The molecule has 0 aliphatic carbocycles. The van der Waals surface area contributed by atoms with Crippen molar-refractivity contribution in [3.63, 3.8) is 0 Å². The molecule has 3 rings (SSSR count). The van der Waals surface area contributed by atoms with Crippen LogP contribution in [0.5, 0.6) is 0 Å². The van der Waals surface area contributed by atoms with E-state index < -0.39 is 0 Å². The number of thiophene rings is 1. The van der Waals surface area contributed by atoms with Crippen LogP contribution in [0.1, 0.15) is 26.5 Å². The lowest BCUT2D eigenvalue weighted by molar-refractivity contribution is 0.0304. The van der Waals surface area contributed by atoms with Gasteiger partial charge in [0.1, 0.15) is 10.8 Å². The standard InChI is InChI=1S/C15H16N2O4S/c1-10-11(2-6-21-10)13(18)16-14-12(3-9-22-14)15(19)17-4-7-20-8-5-17/h2-3,6,9H,4-5,7-8H2,1H3,(H,16,18). The molecule has 7 heteroatoms. The van der Waals surface area contributed by atoms with Gasteiger partial charge in [-0.25, -0.2) is 0 Å². The molecule has 0 unspecified atom stereocenters. The quantitative estimate of drug-likeness (QED) is 0.942. The van der Waals surface area contributed by atoms with E-state index in [4.69, 9.17) is 9.15 Å². The average molecular weight is 320 g/mol. The number of rotatable bonds is 3. The lowest BCUT2D eigenvalue weighted by Crippen LogP contribution is -2.40. The second-order valence-corrected chi connectivity index (χ2v) is 5.83. The molecule has 2 aromatic heterocycles. The molecular formula is C15H16N2O4S. The van der Waals surface area contributed by atoms with E-state index in [0.29, 0.717) is 48.2 Å². The summed E-state index contributed by atoms with van der Waals surface area (Å²) in [5.41, 5.74) is 0.986. The minimum Gasteiger partial charge on any atom is -0.469 e. The summed E-state index contributed by atoms with van der Waals surface area (Å²) in [5, 5.41) is 5.15. The zero-order valence-electron chi connectivity index (χ0n) is 12.1. The van der Waals surface area contributed by atoms with Crippen LogP contribution >= 0.6 is 11.3 Å². The molecule has 0 spiro atoms. The summed E-state index contributed by atoms with van der Waals surface area (Å²) in [4.78, 5) is 26.5. The topological polar surface area (TPSA) is 71.8 Å². The summed E-state index contributed by atoms with van der Waals surface area (Å²) in [6, 6.07) is 3.35. The third kappa shape index (κ3) is 2.90. The number of anilines is 1. The van der Waals surface area contributed by atoms with Gasteiger partial charge in [0, 0.05) is 13.1 Å². The third-order valence-corrected chi connectivity index (χ3v) is 4.35. The Morgan fingerprint density at radius 3 is 2.68 bits per heavy atom. The average Bonchev–Trinajstić information content (AvgIpc) is 3.16. The SMILES string of the molecule is Cc1occc1C(=O)Nc1sccc1C(=O)N1CCOCC1. The highest BCUT2D eigenvalue weighted by Gasteiger charge is 2.23. The Balaban J connectivity index is 1.76. The molecule has 0 saturated carbocycles. The zero-order chi connectivity index (χ0) is 15.5. The number of carbonyl (C=O) groups excluding carboxylic acids is 2. The van der Waals surface area contributed by atoms with Gasteiger partial charge in [-0.2, -0.15) is 0 Å². The highest BCUT2D eigenvalue weighted by atomic mass is 32.1. The fourth-order valence-corrected chi connectivity index (χ4v) is 3.08. The Labute approximate surface area is 131 Å². The van der Waals surface area contributed by atoms with Gasteiger partial charge in [0.2, 0.25) is 0 Å². The van der Waals surface area contributed by atoms with Gasteiger partial charge in [0.15, 0.2) is 0 Å². The fraction of sp³-hybridized carbons (Fsp3) is 0.333. The summed E-state index contributed by atoms with van der Waals surface area (Å²) in [6.07, 6.45) is 1.47. The highest BCUT2D eigenvalue weighted by molar-refractivity contribution is 7.14. The number of amides is 2. The number of furan rings is 1. The minimum absolute atomic E-state index is 0.0798. The Hall–Kier alpha value is -2.12. The molecule has 1 aliphatic heterocycles. The lowest BCUT2D eigenvalue weighted by Gasteiger charge is -2.26. The molecule has 22 heavy (non-hydrogen) atoms. The van der Waals surface area contributed by atoms with Crippen LogP contribution < -0.4 is 5.32 Å². The van der Waals surface area contributed by atoms with Gasteiger partial charge in [-0.1, -0.05) is 0 Å². The van der Waals surface area contributed by atoms with Crippen LogP contribution in [0.2, 0.25) is 0 Å². The molecule has 0 bridgehead atoms. The van der Waals surface area contributed by atoms with Gasteiger partial charge in [0.05, 0.1) is 30.6 Å². The van der Waals surface area contributed by atoms with Crippen LogP contribution in [0.4, 0.5) is 5.00 Å². The Kier molecular flexibility index (Phi) is 4.26. The van der Waals surface area contributed by atoms with E-state index in [0.717, 1.165) is 0 Å². The molecule has 1 aliphatic rings. The van der Waals surface area contributed by atoms with E-state index >= 15 is 0 Å². The second kappa shape index (κ2) is 6.33. The normalized spacial score (nSPS) is 14.9. The van der Waals surface area contributed by atoms with Crippen LogP contribution in [-0.2, 0) is 4.74 Å². The lowest BCUT2D eigenvalue weighted by atomic mass is 10.2. The molecular weight excluding hydrogens is 304 g/mol. The molecule has 0 aromatic carbocycles. The third-order valence-electron chi connectivity index (χ3n) is 3.52. The van der Waals surface area contributed by atoms with Gasteiger partial charge in [-0.05, 0) is 24.4 Å². The number of hydrogen-bond acceptors (Lipinski definition) is 5. The maximum absolute atomic E-state index is 12.5. The van der Waals surface area contributed by atoms with Crippen LogP contribution in [-0.4, -0.2) is 43.0 Å². The number of nitrogens with one attached hydrogen (secondary N) is 1. The van der Waals surface area contributed by atoms with Gasteiger partial charge in [0.25, 0.3) is 11.8 Å². The van der Waals surface area contributed by atoms with Crippen molar-refractivity contribution >= 4 is 28.2 Å². The summed E-state index contributed by atoms with van der Waals surface area (Å²) >= 11 is 1.33. The van der Waals surface area contributed by atoms with Crippen LogP contribution in [0.25, 0.3) is 0 Å². The van der Waals surface area contributed by atoms with E-state index in [1.807, 2.05) is 0 Å². The van der Waals surface area contributed by atoms with Crippen LogP contribution in [0.3, 0.4) is 0 Å². The number of morpholine rings is 1. The number of aryl methyl sites for hydroxylation is 1. The molecule has 0 radical (unpaired) electrons. The summed E-state index contributed by atoms with van der Waals surface area (Å²) < 4.78 is 10.4. The van der Waals surface area contributed by atoms with Crippen LogP contribution in [0.15, 0.2) is 28.2 Å². The number of ether oxygens (including phenoxy) is 1. The summed E-state index contributed by atoms with van der Waals surface area (Å²) in [7, 11) is 0. The van der Waals surface area contributed by atoms with Crippen molar-refractivity contribution < 1.29 is 18.7 Å². The first-order valence-corrected chi connectivity index (χ1v) is 7.84. The van der Waals surface area contributed by atoms with Crippen molar-refractivity contribution in [3.05, 3.63) is 40.7 Å². The molecule has 0 atom stereocenters. The fourth-order valence-electron chi connectivity index (χ4n) is 2.30. The van der Waals surface area contributed by atoms with Gasteiger partial charge < -0.3 is 19.4 Å².